The van der Waals surface area contributed by atoms with Crippen molar-refractivity contribution in [3.05, 3.63) is 42.5 Å². The van der Waals surface area contributed by atoms with Gasteiger partial charge in [-0.05, 0) is 42.3 Å². The normalized spacial score (nSPS) is 19.9. The second-order valence-electron chi connectivity index (χ2n) is 6.83. The van der Waals surface area contributed by atoms with E-state index in [1.54, 1.807) is 31.3 Å². The summed E-state index contributed by atoms with van der Waals surface area (Å²) in [6.07, 6.45) is 1.63. The van der Waals surface area contributed by atoms with E-state index in [1.807, 2.05) is 18.2 Å². The number of nitrogens with one attached hydrogen (secondary N) is 1. The van der Waals surface area contributed by atoms with Crippen molar-refractivity contribution in [3.63, 3.8) is 0 Å². The first-order valence-corrected chi connectivity index (χ1v) is 10.4. The van der Waals surface area contributed by atoms with Gasteiger partial charge in [-0.2, -0.15) is 9.52 Å². The molecular formula is C18H18N6O3S. The van der Waals surface area contributed by atoms with E-state index in [1.165, 1.54) is 4.80 Å². The second-order valence-corrected chi connectivity index (χ2v) is 8.52. The summed E-state index contributed by atoms with van der Waals surface area (Å²) in [5.41, 5.74) is 1.49. The quantitative estimate of drug-likeness (QED) is 0.719. The lowest BCUT2D eigenvalue weighted by Gasteiger charge is -2.33. The van der Waals surface area contributed by atoms with Crippen molar-refractivity contribution in [1.29, 1.82) is 0 Å². The van der Waals surface area contributed by atoms with Gasteiger partial charge in [-0.15, -0.1) is 10.2 Å². The van der Waals surface area contributed by atoms with Crippen LogP contribution in [0.3, 0.4) is 0 Å². The van der Waals surface area contributed by atoms with Crippen LogP contribution in [0.1, 0.15) is 12.8 Å². The zero-order chi connectivity index (χ0) is 19.3. The summed E-state index contributed by atoms with van der Waals surface area (Å²) in [5.74, 6) is 1.50. The summed E-state index contributed by atoms with van der Waals surface area (Å²) in [5, 5.41) is 12.0. The van der Waals surface area contributed by atoms with Crippen LogP contribution in [0, 0.1) is 0 Å². The number of rotatable bonds is 3. The topological polar surface area (TPSA) is 102 Å². The molecule has 1 unspecified atom stereocenters. The highest BCUT2D eigenvalue weighted by Crippen LogP contribution is 2.38. The lowest BCUT2D eigenvalue weighted by atomic mass is 10.2. The molecule has 5 rings (SSSR count). The van der Waals surface area contributed by atoms with Crippen LogP contribution in [0.4, 0.5) is 5.69 Å². The number of tetrazole rings is 1. The van der Waals surface area contributed by atoms with Gasteiger partial charge in [0.05, 0.1) is 18.9 Å². The van der Waals surface area contributed by atoms with Gasteiger partial charge in [0, 0.05) is 18.2 Å². The third kappa shape index (κ3) is 2.90. The smallest absolute Gasteiger partial charge is 0.244 e. The highest BCUT2D eigenvalue weighted by molar-refractivity contribution is 7.89. The lowest BCUT2D eigenvalue weighted by molar-refractivity contribution is 0.479. The third-order valence-electron chi connectivity index (χ3n) is 4.91. The number of anilines is 1. The predicted octanol–water partition coefficient (Wildman–Crippen LogP) is 1.89. The highest BCUT2D eigenvalue weighted by atomic mass is 32.2. The van der Waals surface area contributed by atoms with Crippen molar-refractivity contribution in [3.8, 4) is 22.9 Å². The summed E-state index contributed by atoms with van der Waals surface area (Å²) < 4.78 is 34.0. The van der Waals surface area contributed by atoms with Gasteiger partial charge in [0.2, 0.25) is 15.8 Å². The molecule has 0 bridgehead atoms. The molecule has 2 aliphatic heterocycles. The van der Waals surface area contributed by atoms with Gasteiger partial charge >= 0.3 is 0 Å². The van der Waals surface area contributed by atoms with E-state index in [2.05, 4.69) is 25.0 Å². The number of fused-ring (bicyclic) bond motifs is 3. The molecular weight excluding hydrogens is 380 g/mol. The highest BCUT2D eigenvalue weighted by Gasteiger charge is 2.37. The van der Waals surface area contributed by atoms with Gasteiger partial charge in [0.1, 0.15) is 16.4 Å². The molecule has 1 saturated heterocycles. The zero-order valence-corrected chi connectivity index (χ0v) is 15.9. The number of benzene rings is 2. The maximum absolute atomic E-state index is 12.6. The molecule has 1 fully saturated rings. The van der Waals surface area contributed by atoms with Crippen molar-refractivity contribution in [2.45, 2.75) is 23.9 Å². The molecule has 0 aliphatic carbocycles. The Morgan fingerprint density at radius 2 is 2.04 bits per heavy atom. The van der Waals surface area contributed by atoms with Crippen LogP contribution < -0.4 is 14.4 Å². The molecule has 0 radical (unpaired) electrons. The first-order chi connectivity index (χ1) is 13.5. The number of ether oxygens (including phenoxy) is 1. The van der Waals surface area contributed by atoms with Gasteiger partial charge in [-0.1, -0.05) is 12.1 Å². The van der Waals surface area contributed by atoms with Crippen molar-refractivity contribution in [2.75, 3.05) is 11.4 Å². The lowest BCUT2D eigenvalue weighted by Crippen LogP contribution is -2.48. The maximum Gasteiger partial charge on any atom is 0.244 e. The van der Waals surface area contributed by atoms with Crippen molar-refractivity contribution < 1.29 is 13.2 Å². The summed E-state index contributed by atoms with van der Waals surface area (Å²) in [6, 6.07) is 12.4. The molecule has 144 valence electrons. The van der Waals surface area contributed by atoms with Crippen LogP contribution in [0.15, 0.2) is 47.4 Å². The van der Waals surface area contributed by atoms with Gasteiger partial charge in [0.15, 0.2) is 0 Å². The fourth-order valence-electron chi connectivity index (χ4n) is 3.66. The fraction of sp³-hybridized carbons (Fsp3) is 0.278. The van der Waals surface area contributed by atoms with E-state index in [-0.39, 0.29) is 11.1 Å². The Hall–Kier alpha value is -2.98. The molecule has 0 amide bonds. The minimum atomic E-state index is -3.56. The van der Waals surface area contributed by atoms with E-state index >= 15 is 0 Å². The van der Waals surface area contributed by atoms with Gasteiger partial charge in [-0.3, -0.25) is 0 Å². The molecule has 1 aromatic heterocycles. The first-order valence-electron chi connectivity index (χ1n) is 8.95. The monoisotopic (exact) mass is 398 g/mol. The molecule has 1 atom stereocenters. The Morgan fingerprint density at radius 3 is 2.86 bits per heavy atom. The molecule has 9 nitrogen and oxygen atoms in total. The van der Waals surface area contributed by atoms with Crippen LogP contribution in [0.25, 0.3) is 11.4 Å². The van der Waals surface area contributed by atoms with Crippen LogP contribution in [-0.4, -0.2) is 41.3 Å². The Morgan fingerprint density at radius 1 is 1.18 bits per heavy atom. The average molecular weight is 398 g/mol. The van der Waals surface area contributed by atoms with E-state index in [4.69, 9.17) is 4.74 Å². The molecule has 2 aliphatic rings. The van der Waals surface area contributed by atoms with Gasteiger partial charge < -0.3 is 9.64 Å². The molecule has 28 heavy (non-hydrogen) atoms. The molecule has 3 heterocycles. The maximum atomic E-state index is 12.6. The van der Waals surface area contributed by atoms with Crippen molar-refractivity contribution >= 4 is 15.7 Å². The van der Waals surface area contributed by atoms with Gasteiger partial charge in [-0.25, -0.2) is 8.42 Å². The summed E-state index contributed by atoms with van der Waals surface area (Å²) in [4.78, 5) is 3.73. The minimum absolute atomic E-state index is 0.152. The SMILES string of the molecule is Cn1nnc(-c2cccc(Oc3ccc4c(c3)S(=O)(=O)NC3CCCN43)c2)n1. The van der Waals surface area contributed by atoms with Crippen LogP contribution in [-0.2, 0) is 17.1 Å². The number of nitrogens with zero attached hydrogens (tertiary/aromatic N) is 5. The number of hydrogen-bond acceptors (Lipinski definition) is 7. The molecule has 0 spiro atoms. The summed E-state index contributed by atoms with van der Waals surface area (Å²) in [7, 11) is -1.86. The minimum Gasteiger partial charge on any atom is -0.457 e. The molecule has 1 N–H and O–H groups in total. The van der Waals surface area contributed by atoms with Crippen LogP contribution in [0.5, 0.6) is 11.5 Å². The predicted molar refractivity (Wildman–Crippen MR) is 101 cm³/mol. The Labute approximate surface area is 162 Å². The summed E-state index contributed by atoms with van der Waals surface area (Å²) in [6.45, 7) is 0.841. The zero-order valence-electron chi connectivity index (χ0n) is 15.1. The van der Waals surface area contributed by atoms with Gasteiger partial charge in [0.25, 0.3) is 0 Å². The third-order valence-corrected chi connectivity index (χ3v) is 6.40. The fourth-order valence-corrected chi connectivity index (χ4v) is 5.13. The standard InChI is InChI=1S/C18H18N6O3S/c1-23-20-18(19-22-23)12-4-2-5-13(10-12)27-14-7-8-15-16(11-14)28(25,26)21-17-6-3-9-24(15)17/h2,4-5,7-8,10-11,17,21H,3,6,9H2,1H3. The van der Waals surface area contributed by atoms with E-state index < -0.39 is 10.0 Å². The Bertz CT molecular complexity index is 1160. The van der Waals surface area contributed by atoms with E-state index in [9.17, 15) is 8.42 Å². The van der Waals surface area contributed by atoms with Crippen LogP contribution >= 0.6 is 0 Å². The molecule has 3 aromatic rings. The molecule has 0 saturated carbocycles. The van der Waals surface area contributed by atoms with Crippen molar-refractivity contribution in [2.24, 2.45) is 7.05 Å². The Balaban J connectivity index is 1.47. The Kier molecular flexibility index (Phi) is 3.84. The molecule has 10 heteroatoms. The average Bonchev–Trinajstić information content (AvgIpc) is 3.30. The van der Waals surface area contributed by atoms with E-state index in [0.717, 1.165) is 30.6 Å². The largest absolute Gasteiger partial charge is 0.457 e. The number of sulfonamides is 1. The first kappa shape index (κ1) is 17.1. The number of aryl methyl sites for hydroxylation is 1. The second kappa shape index (κ2) is 6.28. The van der Waals surface area contributed by atoms with Crippen LogP contribution in [0.2, 0.25) is 0 Å². The van der Waals surface area contributed by atoms with Crippen molar-refractivity contribution in [1.82, 2.24) is 24.9 Å². The number of hydrogen-bond donors (Lipinski definition) is 1. The number of aromatic nitrogens is 4. The molecule has 2 aromatic carbocycles. The summed E-state index contributed by atoms with van der Waals surface area (Å²) >= 11 is 0. The van der Waals surface area contributed by atoms with E-state index in [0.29, 0.717) is 17.3 Å².